The topological polar surface area (TPSA) is 54.5 Å². The standard InChI is InChI=1S/C12H12Cl3NO3S/c13-6-11(17)16(8-4-5-20(18,19)7-8)12-9(14)2-1-3-10(12)15/h1-3,8H,4-7H2. The monoisotopic (exact) mass is 355 g/mol. The van der Waals surface area contributed by atoms with E-state index in [1.807, 2.05) is 0 Å². The van der Waals surface area contributed by atoms with E-state index in [4.69, 9.17) is 34.8 Å². The summed E-state index contributed by atoms with van der Waals surface area (Å²) in [7, 11) is -3.14. The Kier molecular flexibility index (Phi) is 4.84. The number of anilines is 1. The van der Waals surface area contributed by atoms with E-state index in [-0.39, 0.29) is 17.4 Å². The first-order chi connectivity index (χ1) is 9.35. The van der Waals surface area contributed by atoms with Gasteiger partial charge in [-0.15, -0.1) is 11.6 Å². The highest BCUT2D eigenvalue weighted by Crippen LogP contribution is 2.36. The lowest BCUT2D eigenvalue weighted by Crippen LogP contribution is -2.42. The van der Waals surface area contributed by atoms with E-state index in [9.17, 15) is 13.2 Å². The summed E-state index contributed by atoms with van der Waals surface area (Å²) >= 11 is 17.8. The van der Waals surface area contributed by atoms with Crippen LogP contribution in [0.5, 0.6) is 0 Å². The summed E-state index contributed by atoms with van der Waals surface area (Å²) in [6, 6.07) is 4.37. The fourth-order valence-corrected chi connectivity index (χ4v) is 4.68. The van der Waals surface area contributed by atoms with Crippen LogP contribution in [0.25, 0.3) is 0 Å². The molecule has 1 saturated heterocycles. The predicted molar refractivity (Wildman–Crippen MR) is 81.7 cm³/mol. The third kappa shape index (κ3) is 3.22. The summed E-state index contributed by atoms with van der Waals surface area (Å²) in [5, 5.41) is 0.584. The lowest BCUT2D eigenvalue weighted by molar-refractivity contribution is -0.116. The first-order valence-corrected chi connectivity index (χ1v) is 8.99. The predicted octanol–water partition coefficient (Wildman–Crippen LogP) is 2.75. The van der Waals surface area contributed by atoms with Gasteiger partial charge in [-0.2, -0.15) is 0 Å². The Balaban J connectivity index is 2.46. The molecule has 0 N–H and O–H groups in total. The number of halogens is 3. The van der Waals surface area contributed by atoms with Crippen molar-refractivity contribution < 1.29 is 13.2 Å². The van der Waals surface area contributed by atoms with Crippen LogP contribution in [0, 0.1) is 0 Å². The number of carbonyl (C=O) groups excluding carboxylic acids is 1. The van der Waals surface area contributed by atoms with Gasteiger partial charge in [0.1, 0.15) is 5.88 Å². The van der Waals surface area contributed by atoms with Gasteiger partial charge < -0.3 is 4.90 Å². The summed E-state index contributed by atoms with van der Waals surface area (Å²) in [4.78, 5) is 13.4. The minimum Gasteiger partial charge on any atom is -0.304 e. The molecule has 1 unspecified atom stereocenters. The van der Waals surface area contributed by atoms with E-state index in [1.165, 1.54) is 4.90 Å². The van der Waals surface area contributed by atoms with Gasteiger partial charge >= 0.3 is 0 Å². The molecule has 2 rings (SSSR count). The van der Waals surface area contributed by atoms with Gasteiger partial charge in [0.05, 0.1) is 33.3 Å². The Morgan fingerprint density at radius 2 is 1.90 bits per heavy atom. The minimum atomic E-state index is -3.14. The van der Waals surface area contributed by atoms with Crippen LogP contribution in [0.1, 0.15) is 6.42 Å². The summed E-state index contributed by atoms with van der Waals surface area (Å²) < 4.78 is 23.2. The molecule has 1 atom stereocenters. The molecule has 1 aromatic rings. The van der Waals surface area contributed by atoms with Crippen LogP contribution in [0.15, 0.2) is 18.2 Å². The zero-order valence-electron chi connectivity index (χ0n) is 10.4. The second-order valence-corrected chi connectivity index (χ2v) is 7.83. The van der Waals surface area contributed by atoms with Gasteiger partial charge in [0.2, 0.25) is 5.91 Å². The van der Waals surface area contributed by atoms with E-state index in [1.54, 1.807) is 18.2 Å². The Hall–Kier alpha value is -0.490. The number of carbonyl (C=O) groups is 1. The van der Waals surface area contributed by atoms with Crippen LogP contribution in [0.2, 0.25) is 10.0 Å². The Morgan fingerprint density at radius 1 is 1.30 bits per heavy atom. The van der Waals surface area contributed by atoms with Crippen molar-refractivity contribution in [1.29, 1.82) is 0 Å². The van der Waals surface area contributed by atoms with Crippen molar-refractivity contribution in [3.63, 3.8) is 0 Å². The number of para-hydroxylation sites is 1. The van der Waals surface area contributed by atoms with Crippen molar-refractivity contribution >= 4 is 56.2 Å². The van der Waals surface area contributed by atoms with Gasteiger partial charge in [-0.25, -0.2) is 8.42 Å². The van der Waals surface area contributed by atoms with Crippen molar-refractivity contribution in [3.05, 3.63) is 28.2 Å². The van der Waals surface area contributed by atoms with Crippen molar-refractivity contribution in [2.24, 2.45) is 0 Å². The average Bonchev–Trinajstić information content (AvgIpc) is 2.73. The second-order valence-electron chi connectivity index (χ2n) is 4.52. The van der Waals surface area contributed by atoms with E-state index in [0.717, 1.165) is 0 Å². The highest BCUT2D eigenvalue weighted by Gasteiger charge is 2.36. The number of alkyl halides is 1. The molecule has 0 bridgehead atoms. The first-order valence-electron chi connectivity index (χ1n) is 5.88. The number of rotatable bonds is 3. The molecule has 8 heteroatoms. The molecule has 110 valence electrons. The molecule has 20 heavy (non-hydrogen) atoms. The molecule has 4 nitrogen and oxygen atoms in total. The number of hydrogen-bond donors (Lipinski definition) is 0. The number of amides is 1. The van der Waals surface area contributed by atoms with Crippen molar-refractivity contribution in [1.82, 2.24) is 0 Å². The molecule has 0 aromatic heterocycles. The molecule has 1 amide bonds. The van der Waals surface area contributed by atoms with Crippen LogP contribution >= 0.6 is 34.8 Å². The summed E-state index contributed by atoms with van der Waals surface area (Å²) in [5.41, 5.74) is 0.323. The third-order valence-corrected chi connectivity index (χ3v) is 5.72. The molecular weight excluding hydrogens is 345 g/mol. The van der Waals surface area contributed by atoms with Crippen LogP contribution in [0.4, 0.5) is 5.69 Å². The van der Waals surface area contributed by atoms with E-state index < -0.39 is 21.8 Å². The van der Waals surface area contributed by atoms with Gasteiger partial charge in [0.15, 0.2) is 9.84 Å². The van der Waals surface area contributed by atoms with Gasteiger partial charge in [-0.05, 0) is 18.6 Å². The number of sulfone groups is 1. The van der Waals surface area contributed by atoms with Gasteiger partial charge in [0.25, 0.3) is 0 Å². The van der Waals surface area contributed by atoms with E-state index in [0.29, 0.717) is 22.2 Å². The lowest BCUT2D eigenvalue weighted by atomic mass is 10.2. The number of benzene rings is 1. The summed E-state index contributed by atoms with van der Waals surface area (Å²) in [6.07, 6.45) is 0.354. The maximum Gasteiger partial charge on any atom is 0.242 e. The van der Waals surface area contributed by atoms with Crippen molar-refractivity contribution in [2.75, 3.05) is 22.3 Å². The molecule has 0 aliphatic carbocycles. The second kappa shape index (κ2) is 6.10. The zero-order valence-corrected chi connectivity index (χ0v) is 13.4. The van der Waals surface area contributed by atoms with Gasteiger partial charge in [0, 0.05) is 0 Å². The maximum absolute atomic E-state index is 12.1. The molecule has 1 aliphatic heterocycles. The molecule has 0 radical (unpaired) electrons. The van der Waals surface area contributed by atoms with Gasteiger partial charge in [-0.1, -0.05) is 29.3 Å². The first kappa shape index (κ1) is 15.9. The largest absolute Gasteiger partial charge is 0.304 e. The Morgan fingerprint density at radius 3 is 2.35 bits per heavy atom. The molecule has 1 fully saturated rings. The van der Waals surface area contributed by atoms with Crippen LogP contribution in [-0.4, -0.2) is 37.8 Å². The number of hydrogen-bond acceptors (Lipinski definition) is 3. The summed E-state index contributed by atoms with van der Waals surface area (Å²) in [5.74, 6) is -0.732. The van der Waals surface area contributed by atoms with Crippen LogP contribution in [-0.2, 0) is 14.6 Å². The highest BCUT2D eigenvalue weighted by atomic mass is 35.5. The van der Waals surface area contributed by atoms with E-state index in [2.05, 4.69) is 0 Å². The molecule has 1 aliphatic rings. The number of nitrogens with zero attached hydrogens (tertiary/aromatic N) is 1. The van der Waals surface area contributed by atoms with Gasteiger partial charge in [-0.3, -0.25) is 4.79 Å². The van der Waals surface area contributed by atoms with Crippen molar-refractivity contribution in [3.8, 4) is 0 Å². The van der Waals surface area contributed by atoms with Crippen molar-refractivity contribution in [2.45, 2.75) is 12.5 Å². The Labute approximate surface area is 132 Å². The fourth-order valence-electron chi connectivity index (χ4n) is 2.27. The van der Waals surface area contributed by atoms with Crippen LogP contribution < -0.4 is 4.90 Å². The third-order valence-electron chi connectivity index (χ3n) is 3.14. The average molecular weight is 357 g/mol. The SMILES string of the molecule is O=C(CCl)N(c1c(Cl)cccc1Cl)C1CCS(=O)(=O)C1. The van der Waals surface area contributed by atoms with E-state index >= 15 is 0 Å². The molecule has 0 spiro atoms. The maximum atomic E-state index is 12.1. The smallest absolute Gasteiger partial charge is 0.242 e. The molecule has 0 saturated carbocycles. The fraction of sp³-hybridized carbons (Fsp3) is 0.417. The zero-order chi connectivity index (χ0) is 14.9. The normalized spacial score (nSPS) is 20.9. The highest BCUT2D eigenvalue weighted by molar-refractivity contribution is 7.91. The molecular formula is C12H12Cl3NO3S. The quantitative estimate of drug-likeness (QED) is 0.783. The van der Waals surface area contributed by atoms with Crippen LogP contribution in [0.3, 0.4) is 0 Å². The Bertz CT molecular complexity index is 613. The molecule has 1 heterocycles. The minimum absolute atomic E-state index is 0.0474. The molecule has 1 aromatic carbocycles. The lowest BCUT2D eigenvalue weighted by Gasteiger charge is -2.29. The summed E-state index contributed by atoms with van der Waals surface area (Å²) in [6.45, 7) is 0.